The number of likely N-dealkylation sites (tertiary alicyclic amines) is 1. The van der Waals surface area contributed by atoms with Crippen LogP contribution in [0.3, 0.4) is 0 Å². The van der Waals surface area contributed by atoms with E-state index in [0.717, 1.165) is 16.2 Å². The number of alkyl halides is 2. The lowest BCUT2D eigenvalue weighted by Crippen LogP contribution is -2.30. The largest absolute Gasteiger partial charge is 0.487 e. The Kier molecular flexibility index (Phi) is 5.44. The predicted octanol–water partition coefficient (Wildman–Crippen LogP) is 4.60. The van der Waals surface area contributed by atoms with Crippen molar-refractivity contribution in [2.75, 3.05) is 13.1 Å². The van der Waals surface area contributed by atoms with E-state index in [2.05, 4.69) is 4.74 Å². The van der Waals surface area contributed by atoms with Gasteiger partial charge in [0.1, 0.15) is 22.5 Å². The molecule has 1 aromatic heterocycles. The maximum atomic E-state index is 12.7. The number of carbonyl (C=O) groups is 1. The molecule has 0 saturated carbocycles. The third-order valence-electron chi connectivity index (χ3n) is 3.79. The summed E-state index contributed by atoms with van der Waals surface area (Å²) in [6.07, 6.45) is 0.455. The number of hydrogen-bond acceptors (Lipinski definition) is 4. The number of para-hydroxylation sites is 1. The second-order valence-corrected chi connectivity index (χ2v) is 7.30. The number of benzene rings is 1. The van der Waals surface area contributed by atoms with E-state index in [9.17, 15) is 13.6 Å². The molecule has 0 N–H and O–H groups in total. The third-order valence-corrected chi connectivity index (χ3v) is 5.13. The molecule has 8 heteroatoms. The first-order valence-electron chi connectivity index (χ1n) is 7.69. The molecule has 3 rings (SSSR count). The highest BCUT2D eigenvalue weighted by atomic mass is 35.5. The van der Waals surface area contributed by atoms with Gasteiger partial charge in [-0.2, -0.15) is 8.78 Å². The topological polar surface area (TPSA) is 38.8 Å². The molecule has 0 spiro atoms. The van der Waals surface area contributed by atoms with E-state index in [1.165, 1.54) is 6.07 Å². The first-order chi connectivity index (χ1) is 11.9. The lowest BCUT2D eigenvalue weighted by Gasteiger charge is -2.17. The summed E-state index contributed by atoms with van der Waals surface area (Å²) in [6.45, 7) is -0.364. The molecule has 1 aromatic carbocycles. The van der Waals surface area contributed by atoms with E-state index >= 15 is 0 Å². The number of halogens is 3. The second-order valence-electron chi connectivity index (χ2n) is 5.64. The normalized spacial score (nSPS) is 17.2. The molecule has 2 aromatic rings. The number of rotatable bonds is 5. The molecule has 1 atom stereocenters. The average molecular weight is 388 g/mol. The fourth-order valence-corrected chi connectivity index (χ4v) is 3.79. The third kappa shape index (κ3) is 4.22. The van der Waals surface area contributed by atoms with Gasteiger partial charge in [0.15, 0.2) is 0 Å². The van der Waals surface area contributed by atoms with Crippen LogP contribution in [0.1, 0.15) is 21.0 Å². The van der Waals surface area contributed by atoms with Crippen LogP contribution in [0.5, 0.6) is 11.5 Å². The van der Waals surface area contributed by atoms with Crippen molar-refractivity contribution in [2.24, 2.45) is 0 Å². The minimum atomic E-state index is -2.96. The van der Waals surface area contributed by atoms with Gasteiger partial charge in [0.25, 0.3) is 5.91 Å². The van der Waals surface area contributed by atoms with Gasteiger partial charge in [-0.05, 0) is 25.1 Å². The molecule has 1 amide bonds. The Morgan fingerprint density at radius 1 is 1.36 bits per heavy atom. The van der Waals surface area contributed by atoms with E-state index in [1.807, 2.05) is 12.1 Å². The zero-order valence-electron chi connectivity index (χ0n) is 13.4. The summed E-state index contributed by atoms with van der Waals surface area (Å²) in [4.78, 5) is 15.2. The molecule has 4 nitrogen and oxygen atoms in total. The van der Waals surface area contributed by atoms with Gasteiger partial charge in [0, 0.05) is 17.8 Å². The highest BCUT2D eigenvalue weighted by Crippen LogP contribution is 2.33. The average Bonchev–Trinajstić information content (AvgIpc) is 3.15. The van der Waals surface area contributed by atoms with E-state index in [1.54, 1.807) is 24.0 Å². The molecule has 1 saturated heterocycles. The molecule has 0 radical (unpaired) electrons. The van der Waals surface area contributed by atoms with Crippen LogP contribution < -0.4 is 9.47 Å². The first kappa shape index (κ1) is 17.9. The monoisotopic (exact) mass is 387 g/mol. The molecule has 1 aliphatic heterocycles. The number of aryl methyl sites for hydroxylation is 1. The number of nitrogens with zero attached hydrogens (tertiary/aromatic N) is 1. The van der Waals surface area contributed by atoms with Crippen molar-refractivity contribution in [1.29, 1.82) is 0 Å². The van der Waals surface area contributed by atoms with Gasteiger partial charge < -0.3 is 14.4 Å². The van der Waals surface area contributed by atoms with Crippen LogP contribution in [0.2, 0.25) is 5.02 Å². The predicted molar refractivity (Wildman–Crippen MR) is 92.1 cm³/mol. The number of ether oxygens (including phenoxy) is 2. The number of hydrogen-bond donors (Lipinski definition) is 0. The van der Waals surface area contributed by atoms with Crippen LogP contribution >= 0.6 is 22.9 Å². The van der Waals surface area contributed by atoms with Crippen LogP contribution in [0, 0.1) is 6.92 Å². The van der Waals surface area contributed by atoms with Crippen molar-refractivity contribution in [2.45, 2.75) is 26.1 Å². The van der Waals surface area contributed by atoms with Gasteiger partial charge in [-0.15, -0.1) is 11.3 Å². The molecular formula is C17H16ClF2NO3S. The molecule has 0 aliphatic carbocycles. The molecule has 134 valence electrons. The van der Waals surface area contributed by atoms with E-state index in [0.29, 0.717) is 30.3 Å². The van der Waals surface area contributed by atoms with Crippen LogP contribution in [-0.2, 0) is 0 Å². The first-order valence-corrected chi connectivity index (χ1v) is 8.89. The highest BCUT2D eigenvalue weighted by Gasteiger charge is 2.31. The van der Waals surface area contributed by atoms with Gasteiger partial charge in [-0.3, -0.25) is 4.79 Å². The summed E-state index contributed by atoms with van der Waals surface area (Å²) in [7, 11) is 0. The van der Waals surface area contributed by atoms with Crippen molar-refractivity contribution in [3.63, 3.8) is 0 Å². The van der Waals surface area contributed by atoms with Crippen molar-refractivity contribution in [1.82, 2.24) is 4.90 Å². The van der Waals surface area contributed by atoms with Crippen molar-refractivity contribution >= 4 is 28.8 Å². The Morgan fingerprint density at radius 3 is 2.84 bits per heavy atom. The minimum Gasteiger partial charge on any atom is -0.487 e. The van der Waals surface area contributed by atoms with Crippen LogP contribution in [0.4, 0.5) is 8.78 Å². The van der Waals surface area contributed by atoms with E-state index in [-0.39, 0.29) is 22.6 Å². The maximum Gasteiger partial charge on any atom is 0.387 e. The highest BCUT2D eigenvalue weighted by molar-refractivity contribution is 7.14. The quantitative estimate of drug-likeness (QED) is 0.752. The van der Waals surface area contributed by atoms with Crippen LogP contribution in [0.25, 0.3) is 0 Å². The van der Waals surface area contributed by atoms with E-state index in [4.69, 9.17) is 16.3 Å². The number of carbonyl (C=O) groups excluding carboxylic acids is 1. The number of amides is 1. The summed E-state index contributed by atoms with van der Waals surface area (Å²) in [6, 6.07) is 8.59. The van der Waals surface area contributed by atoms with Gasteiger partial charge in [0.05, 0.1) is 11.6 Å². The summed E-state index contributed by atoms with van der Waals surface area (Å²) in [5.41, 5.74) is 0. The minimum absolute atomic E-state index is 0.0713. The summed E-state index contributed by atoms with van der Waals surface area (Å²) < 4.78 is 35.3. The Labute approximate surface area is 152 Å². The molecule has 25 heavy (non-hydrogen) atoms. The molecule has 0 bridgehead atoms. The van der Waals surface area contributed by atoms with Crippen molar-refractivity contribution < 1.29 is 23.0 Å². The fourth-order valence-electron chi connectivity index (χ4n) is 2.70. The fraction of sp³-hybridized carbons (Fsp3) is 0.353. The molecule has 2 heterocycles. The van der Waals surface area contributed by atoms with Crippen LogP contribution in [-0.4, -0.2) is 36.6 Å². The van der Waals surface area contributed by atoms with Crippen molar-refractivity contribution in [3.05, 3.63) is 45.1 Å². The Bertz CT molecular complexity index is 768. The zero-order chi connectivity index (χ0) is 18.0. The lowest BCUT2D eigenvalue weighted by molar-refractivity contribution is -0.0499. The molecule has 0 unspecified atom stereocenters. The molecule has 1 aliphatic rings. The maximum absolute atomic E-state index is 12.7. The van der Waals surface area contributed by atoms with E-state index < -0.39 is 6.61 Å². The Morgan fingerprint density at radius 2 is 2.12 bits per heavy atom. The SMILES string of the molecule is Cc1cc(OC(F)F)c(C(=O)N2CC[C@H](Oc3ccccc3Cl)C2)s1. The van der Waals surface area contributed by atoms with Gasteiger partial charge in [-0.1, -0.05) is 23.7 Å². The summed E-state index contributed by atoms with van der Waals surface area (Å²) >= 11 is 7.23. The van der Waals surface area contributed by atoms with Crippen molar-refractivity contribution in [3.8, 4) is 11.5 Å². The lowest BCUT2D eigenvalue weighted by atomic mass is 10.3. The molecular weight excluding hydrogens is 372 g/mol. The summed E-state index contributed by atoms with van der Waals surface area (Å²) in [5, 5.41) is 0.508. The van der Waals surface area contributed by atoms with Crippen LogP contribution in [0.15, 0.2) is 30.3 Å². The molecule has 1 fully saturated rings. The number of thiophene rings is 1. The smallest absolute Gasteiger partial charge is 0.387 e. The van der Waals surface area contributed by atoms with Gasteiger partial charge in [0.2, 0.25) is 0 Å². The summed E-state index contributed by atoms with van der Waals surface area (Å²) in [5.74, 6) is 0.175. The van der Waals surface area contributed by atoms with Gasteiger partial charge >= 0.3 is 6.61 Å². The zero-order valence-corrected chi connectivity index (χ0v) is 14.9. The Balaban J connectivity index is 1.68. The van der Waals surface area contributed by atoms with Gasteiger partial charge in [-0.25, -0.2) is 0 Å². The standard InChI is InChI=1S/C17H16ClF2NO3S/c1-10-8-14(24-17(19)20)15(25-10)16(22)21-7-6-11(9-21)23-13-5-3-2-4-12(13)18/h2-5,8,11,17H,6-7,9H2,1H3/t11-/m0/s1. The Hall–Kier alpha value is -1.86. The second kappa shape index (κ2) is 7.58.